The first-order valence-electron chi connectivity index (χ1n) is 6.03. The highest BCUT2D eigenvalue weighted by molar-refractivity contribution is 5.05. The van der Waals surface area contributed by atoms with E-state index in [1.807, 2.05) is 0 Å². The van der Waals surface area contributed by atoms with Crippen LogP contribution in [0.2, 0.25) is 0 Å². The van der Waals surface area contributed by atoms with Crippen LogP contribution in [0, 0.1) is 17.8 Å². The van der Waals surface area contributed by atoms with E-state index in [9.17, 15) is 0 Å². The highest BCUT2D eigenvalue weighted by Gasteiger charge is 2.55. The Morgan fingerprint density at radius 2 is 1.93 bits per heavy atom. The van der Waals surface area contributed by atoms with Crippen molar-refractivity contribution in [1.29, 1.82) is 0 Å². The Hall–Kier alpha value is -0.0800. The monoisotopic (exact) mass is 197 g/mol. The summed E-state index contributed by atoms with van der Waals surface area (Å²) in [7, 11) is 2.07. The van der Waals surface area contributed by atoms with Crippen molar-refractivity contribution < 1.29 is 4.74 Å². The van der Waals surface area contributed by atoms with E-state index < -0.39 is 0 Å². The number of ether oxygens (including phenoxy) is 1. The summed E-state index contributed by atoms with van der Waals surface area (Å²) < 4.78 is 5.70. The van der Waals surface area contributed by atoms with Crippen LogP contribution >= 0.6 is 0 Å². The molecule has 0 aromatic rings. The summed E-state index contributed by atoms with van der Waals surface area (Å²) in [6.45, 7) is 5.12. The molecule has 1 N–H and O–H groups in total. The van der Waals surface area contributed by atoms with Crippen molar-refractivity contribution in [1.82, 2.24) is 5.32 Å². The lowest BCUT2D eigenvalue weighted by Crippen LogP contribution is -2.35. The van der Waals surface area contributed by atoms with E-state index in [4.69, 9.17) is 4.74 Å². The summed E-state index contributed by atoms with van der Waals surface area (Å²) in [4.78, 5) is 0. The lowest BCUT2D eigenvalue weighted by molar-refractivity contribution is 0.0557. The van der Waals surface area contributed by atoms with Gasteiger partial charge in [-0.05, 0) is 51.5 Å². The van der Waals surface area contributed by atoms with E-state index in [1.54, 1.807) is 0 Å². The Morgan fingerprint density at radius 3 is 2.43 bits per heavy atom. The molecule has 0 radical (unpaired) electrons. The minimum absolute atomic E-state index is 0.365. The second-order valence-corrected chi connectivity index (χ2v) is 5.11. The van der Waals surface area contributed by atoms with Crippen LogP contribution < -0.4 is 5.32 Å². The summed E-state index contributed by atoms with van der Waals surface area (Å²) in [6.07, 6.45) is 4.77. The number of nitrogens with one attached hydrogen (secondary N) is 1. The van der Waals surface area contributed by atoms with Gasteiger partial charge in [0.15, 0.2) is 0 Å². The molecule has 2 saturated carbocycles. The van der Waals surface area contributed by atoms with Gasteiger partial charge in [0, 0.05) is 6.04 Å². The number of hydrogen-bond donors (Lipinski definition) is 1. The number of likely N-dealkylation sites (N-methyl/N-ethyl adjacent to an activating group) is 1. The largest absolute Gasteiger partial charge is 0.377 e. The van der Waals surface area contributed by atoms with E-state index in [2.05, 4.69) is 26.2 Å². The van der Waals surface area contributed by atoms with Gasteiger partial charge >= 0.3 is 0 Å². The maximum Gasteiger partial charge on any atom is 0.0625 e. The van der Waals surface area contributed by atoms with Gasteiger partial charge in [0.25, 0.3) is 0 Å². The van der Waals surface area contributed by atoms with E-state index in [-0.39, 0.29) is 0 Å². The van der Waals surface area contributed by atoms with Gasteiger partial charge in [-0.3, -0.25) is 0 Å². The van der Waals surface area contributed by atoms with E-state index >= 15 is 0 Å². The first kappa shape index (κ1) is 10.4. The molecule has 14 heavy (non-hydrogen) atoms. The van der Waals surface area contributed by atoms with Crippen LogP contribution in [0.25, 0.3) is 0 Å². The fourth-order valence-corrected chi connectivity index (χ4v) is 3.16. The molecule has 0 saturated heterocycles. The third kappa shape index (κ3) is 1.96. The lowest BCUT2D eigenvalue weighted by atomic mass is 10.1. The molecule has 0 amide bonds. The van der Waals surface area contributed by atoms with Crippen LogP contribution in [0.1, 0.15) is 33.1 Å². The highest BCUT2D eigenvalue weighted by Crippen LogP contribution is 2.58. The maximum absolute atomic E-state index is 5.70. The van der Waals surface area contributed by atoms with Crippen molar-refractivity contribution in [2.45, 2.75) is 45.3 Å². The molecule has 3 atom stereocenters. The van der Waals surface area contributed by atoms with Crippen LogP contribution in [0.5, 0.6) is 0 Å². The summed E-state index contributed by atoms with van der Waals surface area (Å²) in [6, 6.07) is 0.604. The van der Waals surface area contributed by atoms with Gasteiger partial charge < -0.3 is 10.1 Å². The molecule has 2 heteroatoms. The van der Waals surface area contributed by atoms with Crippen LogP contribution in [0.4, 0.5) is 0 Å². The molecule has 2 aliphatic rings. The molecule has 0 aromatic carbocycles. The minimum atomic E-state index is 0.365. The Balaban J connectivity index is 1.77. The van der Waals surface area contributed by atoms with Gasteiger partial charge in [-0.2, -0.15) is 0 Å². The summed E-state index contributed by atoms with van der Waals surface area (Å²) in [5, 5.41) is 3.42. The molecule has 2 aliphatic carbocycles. The van der Waals surface area contributed by atoms with Crippen molar-refractivity contribution in [2.24, 2.45) is 17.8 Å². The molecule has 2 nitrogen and oxygen atoms in total. The van der Waals surface area contributed by atoms with Gasteiger partial charge in [-0.1, -0.05) is 6.42 Å². The Kier molecular flexibility index (Phi) is 3.13. The van der Waals surface area contributed by atoms with Crippen molar-refractivity contribution >= 4 is 0 Å². The zero-order valence-electron chi connectivity index (χ0n) is 9.62. The van der Waals surface area contributed by atoms with Crippen LogP contribution in [-0.2, 0) is 4.74 Å². The fourth-order valence-electron chi connectivity index (χ4n) is 3.16. The average Bonchev–Trinajstić information content (AvgIpc) is 2.63. The molecule has 3 unspecified atom stereocenters. The summed E-state index contributed by atoms with van der Waals surface area (Å²) in [5.74, 6) is 2.99. The first-order chi connectivity index (χ1) is 6.74. The fraction of sp³-hybridized carbons (Fsp3) is 1.00. The Morgan fingerprint density at radius 1 is 1.29 bits per heavy atom. The van der Waals surface area contributed by atoms with Crippen LogP contribution in [0.15, 0.2) is 0 Å². The van der Waals surface area contributed by atoms with Gasteiger partial charge in [0.05, 0.1) is 12.7 Å². The standard InChI is InChI=1S/C12H23NO/c1-8(2)14-7-11(13-3)12-9-5-4-6-10(9)12/h8-13H,4-7H2,1-3H3. The molecule has 0 aromatic heterocycles. The molecular formula is C12H23NO. The predicted molar refractivity (Wildman–Crippen MR) is 58.3 cm³/mol. The van der Waals surface area contributed by atoms with E-state index in [0.717, 1.165) is 24.4 Å². The third-order valence-electron chi connectivity index (χ3n) is 3.92. The van der Waals surface area contributed by atoms with Crippen molar-refractivity contribution in [2.75, 3.05) is 13.7 Å². The first-order valence-corrected chi connectivity index (χ1v) is 6.03. The van der Waals surface area contributed by atoms with E-state index in [0.29, 0.717) is 12.1 Å². The SMILES string of the molecule is CNC(COC(C)C)C1C2CCCC21. The molecule has 0 heterocycles. The molecule has 0 bridgehead atoms. The molecular weight excluding hydrogens is 174 g/mol. The van der Waals surface area contributed by atoms with Crippen molar-refractivity contribution in [3.8, 4) is 0 Å². The topological polar surface area (TPSA) is 21.3 Å². The average molecular weight is 197 g/mol. The Bertz CT molecular complexity index is 183. The molecule has 2 fully saturated rings. The van der Waals surface area contributed by atoms with Gasteiger partial charge in [-0.25, -0.2) is 0 Å². The predicted octanol–water partition coefficient (Wildman–Crippen LogP) is 2.05. The Labute approximate surface area is 87.4 Å². The third-order valence-corrected chi connectivity index (χ3v) is 3.92. The van der Waals surface area contributed by atoms with Gasteiger partial charge in [0.1, 0.15) is 0 Å². The van der Waals surface area contributed by atoms with Crippen molar-refractivity contribution in [3.05, 3.63) is 0 Å². The summed E-state index contributed by atoms with van der Waals surface area (Å²) >= 11 is 0. The normalized spacial score (nSPS) is 37.3. The summed E-state index contributed by atoms with van der Waals surface area (Å²) in [5.41, 5.74) is 0. The van der Waals surface area contributed by atoms with Gasteiger partial charge in [-0.15, -0.1) is 0 Å². The zero-order chi connectivity index (χ0) is 10.1. The molecule has 2 rings (SSSR count). The number of hydrogen-bond acceptors (Lipinski definition) is 2. The van der Waals surface area contributed by atoms with Crippen LogP contribution in [0.3, 0.4) is 0 Å². The van der Waals surface area contributed by atoms with Crippen molar-refractivity contribution in [3.63, 3.8) is 0 Å². The zero-order valence-corrected chi connectivity index (χ0v) is 9.62. The van der Waals surface area contributed by atoms with Crippen LogP contribution in [-0.4, -0.2) is 25.8 Å². The van der Waals surface area contributed by atoms with Gasteiger partial charge in [0.2, 0.25) is 0 Å². The minimum Gasteiger partial charge on any atom is -0.377 e. The van der Waals surface area contributed by atoms with E-state index in [1.165, 1.54) is 19.3 Å². The molecule has 0 aliphatic heterocycles. The smallest absolute Gasteiger partial charge is 0.0625 e. The second-order valence-electron chi connectivity index (χ2n) is 5.11. The maximum atomic E-state index is 5.70. The molecule has 82 valence electrons. The number of rotatable bonds is 5. The lowest BCUT2D eigenvalue weighted by Gasteiger charge is -2.19. The number of fused-ring (bicyclic) bond motifs is 1. The quantitative estimate of drug-likeness (QED) is 0.728. The molecule has 0 spiro atoms. The highest BCUT2D eigenvalue weighted by atomic mass is 16.5. The second kappa shape index (κ2) is 4.19.